The Morgan fingerprint density at radius 3 is 2.71 bits per heavy atom. The first kappa shape index (κ1) is 16.0. The van der Waals surface area contributed by atoms with Gasteiger partial charge in [-0.05, 0) is 25.1 Å². The van der Waals surface area contributed by atoms with Gasteiger partial charge < -0.3 is 20.5 Å². The lowest BCUT2D eigenvalue weighted by Gasteiger charge is -2.12. The Morgan fingerprint density at radius 2 is 2.19 bits per heavy atom. The maximum atomic E-state index is 11.2. The Balaban J connectivity index is 3.02. The van der Waals surface area contributed by atoms with Crippen LogP contribution in [0.5, 0.6) is 5.75 Å². The normalized spacial score (nSPS) is 10.4. The van der Waals surface area contributed by atoms with Crippen molar-refractivity contribution in [3.8, 4) is 11.8 Å². The van der Waals surface area contributed by atoms with Crippen LogP contribution in [-0.2, 0) is 9.59 Å². The van der Waals surface area contributed by atoms with Crippen molar-refractivity contribution in [3.05, 3.63) is 30.0 Å². The second kappa shape index (κ2) is 7.55. The molecular formula is C14H15N3O4. The number of aliphatic carboxylic acids is 1. The molecule has 1 rings (SSSR count). The number of nitrogens with zero attached hydrogens (tertiary/aromatic N) is 1. The molecule has 0 aliphatic heterocycles. The minimum absolute atomic E-state index is 0.258. The van der Waals surface area contributed by atoms with Gasteiger partial charge in [0.05, 0.1) is 12.3 Å². The number of anilines is 2. The average molecular weight is 289 g/mol. The first-order valence-corrected chi connectivity index (χ1v) is 6.12. The lowest BCUT2D eigenvalue weighted by Crippen LogP contribution is -2.08. The molecule has 0 heterocycles. The molecule has 0 saturated heterocycles. The van der Waals surface area contributed by atoms with E-state index < -0.39 is 11.5 Å². The molecule has 0 radical (unpaired) electrons. The topological polar surface area (TPSA) is 111 Å². The number of rotatable bonds is 6. The van der Waals surface area contributed by atoms with Gasteiger partial charge in [-0.2, -0.15) is 5.26 Å². The molecule has 21 heavy (non-hydrogen) atoms. The Hall–Kier alpha value is -3.01. The van der Waals surface area contributed by atoms with E-state index >= 15 is 0 Å². The molecule has 0 aliphatic carbocycles. The molecule has 7 heteroatoms. The number of nitrogens with one attached hydrogen (secondary N) is 2. The predicted octanol–water partition coefficient (Wildman–Crippen LogP) is 1.95. The summed E-state index contributed by atoms with van der Waals surface area (Å²) in [5, 5.41) is 22.7. The number of hydrogen-bond donors (Lipinski definition) is 3. The van der Waals surface area contributed by atoms with Gasteiger partial charge in [-0.1, -0.05) is 0 Å². The number of carboxylic acid groups (broad SMARTS) is 1. The van der Waals surface area contributed by atoms with Gasteiger partial charge in [0.25, 0.3) is 0 Å². The molecule has 0 atom stereocenters. The molecule has 0 aliphatic rings. The maximum Gasteiger partial charge on any atom is 0.347 e. The molecule has 1 aromatic carbocycles. The van der Waals surface area contributed by atoms with Gasteiger partial charge >= 0.3 is 5.97 Å². The summed E-state index contributed by atoms with van der Waals surface area (Å²) in [6.07, 6.45) is 1.08. The number of hydrogen-bond acceptors (Lipinski definition) is 5. The Kier molecular flexibility index (Phi) is 5.77. The van der Waals surface area contributed by atoms with Crippen LogP contribution in [0.3, 0.4) is 0 Å². The van der Waals surface area contributed by atoms with E-state index in [4.69, 9.17) is 15.1 Å². The Bertz CT molecular complexity index is 617. The average Bonchev–Trinajstić information content (AvgIpc) is 2.41. The van der Waals surface area contributed by atoms with Gasteiger partial charge in [-0.3, -0.25) is 4.79 Å². The van der Waals surface area contributed by atoms with Crippen molar-refractivity contribution >= 4 is 23.3 Å². The van der Waals surface area contributed by atoms with Crippen molar-refractivity contribution in [1.82, 2.24) is 0 Å². The molecule has 0 aromatic heterocycles. The SMILES string of the molecule is CCOc1ccc(NC=C(C#N)C(=O)O)cc1NC(C)=O. The summed E-state index contributed by atoms with van der Waals surface area (Å²) < 4.78 is 5.37. The Labute approximate surface area is 121 Å². The van der Waals surface area contributed by atoms with Crippen molar-refractivity contribution in [3.63, 3.8) is 0 Å². The fourth-order valence-electron chi connectivity index (χ4n) is 1.49. The molecule has 0 spiro atoms. The lowest BCUT2D eigenvalue weighted by atomic mass is 10.2. The highest BCUT2D eigenvalue weighted by Crippen LogP contribution is 2.28. The van der Waals surface area contributed by atoms with E-state index in [0.717, 1.165) is 6.20 Å². The molecule has 1 aromatic rings. The van der Waals surface area contributed by atoms with Gasteiger partial charge in [0.1, 0.15) is 11.8 Å². The number of nitriles is 1. The van der Waals surface area contributed by atoms with E-state index in [1.54, 1.807) is 24.3 Å². The van der Waals surface area contributed by atoms with Crippen molar-refractivity contribution in [2.45, 2.75) is 13.8 Å². The molecule has 7 nitrogen and oxygen atoms in total. The van der Waals surface area contributed by atoms with Gasteiger partial charge in [-0.25, -0.2) is 4.79 Å². The molecule has 110 valence electrons. The first-order valence-electron chi connectivity index (χ1n) is 6.12. The summed E-state index contributed by atoms with van der Waals surface area (Å²) in [5.41, 5.74) is 0.540. The number of carboxylic acids is 1. The summed E-state index contributed by atoms with van der Waals surface area (Å²) in [4.78, 5) is 21.9. The maximum absolute atomic E-state index is 11.2. The molecule has 0 unspecified atom stereocenters. The van der Waals surface area contributed by atoms with Gasteiger partial charge in [-0.15, -0.1) is 0 Å². The highest BCUT2D eigenvalue weighted by molar-refractivity contribution is 5.92. The summed E-state index contributed by atoms with van der Waals surface area (Å²) in [6.45, 7) is 3.63. The number of benzene rings is 1. The van der Waals surface area contributed by atoms with Crippen LogP contribution >= 0.6 is 0 Å². The van der Waals surface area contributed by atoms with Gasteiger partial charge in [0.2, 0.25) is 5.91 Å². The van der Waals surface area contributed by atoms with Crippen LogP contribution in [0.4, 0.5) is 11.4 Å². The van der Waals surface area contributed by atoms with Crippen LogP contribution in [0.1, 0.15) is 13.8 Å². The third kappa shape index (κ3) is 4.87. The largest absolute Gasteiger partial charge is 0.492 e. The zero-order valence-corrected chi connectivity index (χ0v) is 11.6. The van der Waals surface area contributed by atoms with Crippen molar-refractivity contribution in [2.24, 2.45) is 0 Å². The minimum atomic E-state index is -1.32. The second-order valence-electron chi connectivity index (χ2n) is 3.94. The summed E-state index contributed by atoms with van der Waals surface area (Å²) in [7, 11) is 0. The summed E-state index contributed by atoms with van der Waals surface area (Å²) in [6, 6.07) is 6.42. The number of carbonyl (C=O) groups excluding carboxylic acids is 1. The number of amides is 1. The Morgan fingerprint density at radius 1 is 1.48 bits per heavy atom. The molecule has 0 fully saturated rings. The smallest absolute Gasteiger partial charge is 0.347 e. The zero-order chi connectivity index (χ0) is 15.8. The number of carbonyl (C=O) groups is 2. The van der Waals surface area contributed by atoms with Crippen molar-refractivity contribution in [2.75, 3.05) is 17.2 Å². The fraction of sp³-hybridized carbons (Fsp3) is 0.214. The van der Waals surface area contributed by atoms with E-state index in [2.05, 4.69) is 10.6 Å². The van der Waals surface area contributed by atoms with E-state index in [1.165, 1.54) is 6.92 Å². The zero-order valence-electron chi connectivity index (χ0n) is 11.6. The molecule has 1 amide bonds. The number of ether oxygens (including phenoxy) is 1. The standard InChI is InChI=1S/C14H15N3O4/c1-3-21-13-5-4-11(6-12(13)17-9(2)18)16-8-10(7-15)14(19)20/h4-6,8,16H,3H2,1-2H3,(H,17,18)(H,19,20). The third-order valence-electron chi connectivity index (χ3n) is 2.32. The van der Waals surface area contributed by atoms with Crippen molar-refractivity contribution < 1.29 is 19.4 Å². The monoisotopic (exact) mass is 289 g/mol. The molecule has 0 saturated carbocycles. The highest BCUT2D eigenvalue weighted by Gasteiger charge is 2.08. The van der Waals surface area contributed by atoms with E-state index in [0.29, 0.717) is 23.7 Å². The quantitative estimate of drug-likeness (QED) is 0.545. The third-order valence-corrected chi connectivity index (χ3v) is 2.32. The fourth-order valence-corrected chi connectivity index (χ4v) is 1.49. The van der Waals surface area contributed by atoms with E-state index in [9.17, 15) is 9.59 Å². The predicted molar refractivity (Wildman–Crippen MR) is 76.9 cm³/mol. The van der Waals surface area contributed by atoms with Gasteiger partial charge in [0.15, 0.2) is 5.57 Å². The van der Waals surface area contributed by atoms with Crippen molar-refractivity contribution in [1.29, 1.82) is 5.26 Å². The van der Waals surface area contributed by atoms with Crippen LogP contribution in [0.15, 0.2) is 30.0 Å². The minimum Gasteiger partial charge on any atom is -0.492 e. The van der Waals surface area contributed by atoms with E-state index in [-0.39, 0.29) is 5.91 Å². The van der Waals surface area contributed by atoms with Crippen LogP contribution in [0, 0.1) is 11.3 Å². The molecular weight excluding hydrogens is 274 g/mol. The van der Waals surface area contributed by atoms with Crippen LogP contribution in [-0.4, -0.2) is 23.6 Å². The van der Waals surface area contributed by atoms with Crippen LogP contribution in [0.25, 0.3) is 0 Å². The molecule has 3 N–H and O–H groups in total. The summed E-state index contributed by atoms with van der Waals surface area (Å²) >= 11 is 0. The van der Waals surface area contributed by atoms with E-state index in [1.807, 2.05) is 6.92 Å². The lowest BCUT2D eigenvalue weighted by molar-refractivity contribution is -0.132. The highest BCUT2D eigenvalue weighted by atomic mass is 16.5. The van der Waals surface area contributed by atoms with Crippen LogP contribution < -0.4 is 15.4 Å². The second-order valence-corrected chi connectivity index (χ2v) is 3.94. The first-order chi connectivity index (χ1) is 9.97. The van der Waals surface area contributed by atoms with Crippen LogP contribution in [0.2, 0.25) is 0 Å². The van der Waals surface area contributed by atoms with Gasteiger partial charge in [0, 0.05) is 18.8 Å². The molecule has 0 bridgehead atoms. The summed E-state index contributed by atoms with van der Waals surface area (Å²) in [5.74, 6) is -1.08.